The molecule has 5 aromatic rings. The number of rotatable bonds is 5. The van der Waals surface area contributed by atoms with Crippen LogP contribution >= 0.6 is 0 Å². The van der Waals surface area contributed by atoms with E-state index in [9.17, 15) is 4.79 Å². The third-order valence-corrected chi connectivity index (χ3v) is 4.92. The Morgan fingerprint density at radius 1 is 1.00 bits per heavy atom. The molecule has 0 bridgehead atoms. The van der Waals surface area contributed by atoms with Crippen LogP contribution in [0, 0.1) is 0 Å². The Bertz CT molecular complexity index is 1360. The number of anilines is 1. The first-order valence-electron chi connectivity index (χ1n) is 9.85. The van der Waals surface area contributed by atoms with Crippen molar-refractivity contribution in [2.75, 3.05) is 5.32 Å². The number of benzene rings is 3. The SMILES string of the molecule is CCn1nnc2cc(-c3noc(-c4ccc(NC(=O)c5ccccc5)cc4)n3)ccc21. The van der Waals surface area contributed by atoms with Gasteiger partial charge in [0.15, 0.2) is 0 Å². The largest absolute Gasteiger partial charge is 0.334 e. The Morgan fingerprint density at radius 2 is 1.77 bits per heavy atom. The summed E-state index contributed by atoms with van der Waals surface area (Å²) in [5.74, 6) is 0.710. The number of nitrogens with zero attached hydrogens (tertiary/aromatic N) is 5. The lowest BCUT2D eigenvalue weighted by molar-refractivity contribution is 0.102. The number of nitrogens with one attached hydrogen (secondary N) is 1. The van der Waals surface area contributed by atoms with Crippen LogP contribution in [0.5, 0.6) is 0 Å². The predicted octanol–water partition coefficient (Wildman–Crippen LogP) is 4.42. The van der Waals surface area contributed by atoms with Crippen molar-refractivity contribution in [1.29, 1.82) is 0 Å². The molecule has 2 aromatic heterocycles. The molecular formula is C23H18N6O2. The zero-order chi connectivity index (χ0) is 21.2. The molecule has 5 rings (SSSR count). The van der Waals surface area contributed by atoms with Gasteiger partial charge < -0.3 is 9.84 Å². The van der Waals surface area contributed by atoms with Crippen LogP contribution < -0.4 is 5.32 Å². The maximum Gasteiger partial charge on any atom is 0.258 e. The van der Waals surface area contributed by atoms with E-state index >= 15 is 0 Å². The Morgan fingerprint density at radius 3 is 2.55 bits per heavy atom. The average Bonchev–Trinajstić information content (AvgIpc) is 3.47. The lowest BCUT2D eigenvalue weighted by atomic mass is 10.1. The average molecular weight is 410 g/mol. The number of carbonyl (C=O) groups is 1. The third-order valence-electron chi connectivity index (χ3n) is 4.92. The molecule has 152 valence electrons. The molecule has 0 fully saturated rings. The second kappa shape index (κ2) is 7.83. The number of aryl methyl sites for hydroxylation is 1. The third kappa shape index (κ3) is 3.66. The van der Waals surface area contributed by atoms with Gasteiger partial charge in [0, 0.05) is 28.9 Å². The van der Waals surface area contributed by atoms with Crippen molar-refractivity contribution >= 4 is 22.6 Å². The van der Waals surface area contributed by atoms with Crippen LogP contribution in [-0.2, 0) is 6.54 Å². The van der Waals surface area contributed by atoms with E-state index in [1.54, 1.807) is 24.3 Å². The van der Waals surface area contributed by atoms with Gasteiger partial charge in [0.2, 0.25) is 5.82 Å². The summed E-state index contributed by atoms with van der Waals surface area (Å²) in [5.41, 5.74) is 4.59. The number of carbonyl (C=O) groups excluding carboxylic acids is 1. The molecule has 8 nitrogen and oxygen atoms in total. The van der Waals surface area contributed by atoms with Crippen LogP contribution in [-0.4, -0.2) is 31.0 Å². The topological polar surface area (TPSA) is 98.7 Å². The van der Waals surface area contributed by atoms with Crippen LogP contribution in [0.3, 0.4) is 0 Å². The number of amides is 1. The summed E-state index contributed by atoms with van der Waals surface area (Å²) >= 11 is 0. The molecule has 0 aliphatic heterocycles. The summed E-state index contributed by atoms with van der Waals surface area (Å²) in [6.45, 7) is 2.77. The maximum absolute atomic E-state index is 12.3. The van der Waals surface area contributed by atoms with Crippen molar-refractivity contribution in [3.63, 3.8) is 0 Å². The maximum atomic E-state index is 12.3. The Balaban J connectivity index is 1.34. The van der Waals surface area contributed by atoms with Gasteiger partial charge in [0.05, 0.1) is 5.52 Å². The van der Waals surface area contributed by atoms with Gasteiger partial charge in [-0.15, -0.1) is 5.10 Å². The van der Waals surface area contributed by atoms with Gasteiger partial charge in [-0.05, 0) is 61.5 Å². The fourth-order valence-electron chi connectivity index (χ4n) is 3.29. The number of hydrogen-bond donors (Lipinski definition) is 1. The van der Waals surface area contributed by atoms with Crippen molar-refractivity contribution in [2.45, 2.75) is 13.5 Å². The van der Waals surface area contributed by atoms with E-state index in [1.807, 2.05) is 60.1 Å². The van der Waals surface area contributed by atoms with E-state index in [-0.39, 0.29) is 5.91 Å². The molecule has 0 aliphatic rings. The van der Waals surface area contributed by atoms with Gasteiger partial charge in [0.1, 0.15) is 5.52 Å². The van der Waals surface area contributed by atoms with Gasteiger partial charge in [-0.25, -0.2) is 4.68 Å². The van der Waals surface area contributed by atoms with E-state index in [2.05, 4.69) is 25.8 Å². The van der Waals surface area contributed by atoms with E-state index < -0.39 is 0 Å². The molecule has 1 N–H and O–H groups in total. The lowest BCUT2D eigenvalue weighted by Crippen LogP contribution is -2.11. The van der Waals surface area contributed by atoms with Crippen molar-refractivity contribution in [3.05, 3.63) is 78.4 Å². The predicted molar refractivity (Wildman–Crippen MR) is 116 cm³/mol. The van der Waals surface area contributed by atoms with Crippen molar-refractivity contribution in [2.24, 2.45) is 0 Å². The van der Waals surface area contributed by atoms with Crippen LogP contribution in [0.2, 0.25) is 0 Å². The minimum Gasteiger partial charge on any atom is -0.334 e. The highest BCUT2D eigenvalue weighted by Crippen LogP contribution is 2.25. The number of fused-ring (bicyclic) bond motifs is 1. The van der Waals surface area contributed by atoms with Crippen molar-refractivity contribution in [1.82, 2.24) is 25.1 Å². The lowest BCUT2D eigenvalue weighted by Gasteiger charge is -2.05. The minimum atomic E-state index is -0.163. The number of aromatic nitrogens is 5. The monoisotopic (exact) mass is 410 g/mol. The quantitative estimate of drug-likeness (QED) is 0.460. The van der Waals surface area contributed by atoms with Crippen LogP contribution in [0.1, 0.15) is 17.3 Å². The molecule has 1 amide bonds. The fourth-order valence-corrected chi connectivity index (χ4v) is 3.29. The molecule has 0 aliphatic carbocycles. The summed E-state index contributed by atoms with van der Waals surface area (Å²) in [7, 11) is 0. The van der Waals surface area contributed by atoms with E-state index in [4.69, 9.17) is 4.52 Å². The standard InChI is InChI=1S/C23H18N6O2/c1-2-29-20-13-10-17(14-19(20)26-28-29)21-25-23(31-27-21)16-8-11-18(12-9-16)24-22(30)15-6-4-3-5-7-15/h3-14H,2H2,1H3,(H,24,30). The highest BCUT2D eigenvalue weighted by Gasteiger charge is 2.13. The van der Waals surface area contributed by atoms with Crippen LogP contribution in [0.4, 0.5) is 5.69 Å². The highest BCUT2D eigenvalue weighted by molar-refractivity contribution is 6.04. The minimum absolute atomic E-state index is 0.163. The molecule has 0 radical (unpaired) electrons. The molecule has 2 heterocycles. The Kier molecular flexibility index (Phi) is 4.72. The molecular weight excluding hydrogens is 392 g/mol. The van der Waals surface area contributed by atoms with Gasteiger partial charge in [-0.3, -0.25) is 4.79 Å². The summed E-state index contributed by atoms with van der Waals surface area (Å²) in [5, 5.41) is 15.3. The Labute approximate surface area is 177 Å². The van der Waals surface area contributed by atoms with Gasteiger partial charge in [-0.1, -0.05) is 28.6 Å². The molecule has 0 unspecified atom stereocenters. The van der Waals surface area contributed by atoms with Gasteiger partial charge in [0.25, 0.3) is 11.8 Å². The summed E-state index contributed by atoms with van der Waals surface area (Å²) in [6.07, 6.45) is 0. The first-order valence-corrected chi connectivity index (χ1v) is 9.85. The van der Waals surface area contributed by atoms with Crippen molar-refractivity contribution in [3.8, 4) is 22.8 Å². The van der Waals surface area contributed by atoms with E-state index in [1.165, 1.54) is 0 Å². The summed E-state index contributed by atoms with van der Waals surface area (Å²) < 4.78 is 7.28. The molecule has 0 spiro atoms. The second-order valence-corrected chi connectivity index (χ2v) is 6.93. The number of hydrogen-bond acceptors (Lipinski definition) is 6. The van der Waals surface area contributed by atoms with Gasteiger partial charge in [-0.2, -0.15) is 4.98 Å². The second-order valence-electron chi connectivity index (χ2n) is 6.93. The smallest absolute Gasteiger partial charge is 0.258 e. The molecule has 0 saturated carbocycles. The van der Waals surface area contributed by atoms with E-state index in [0.717, 1.165) is 28.7 Å². The molecule has 31 heavy (non-hydrogen) atoms. The highest BCUT2D eigenvalue weighted by atomic mass is 16.5. The fraction of sp³-hybridized carbons (Fsp3) is 0.0870. The first-order chi connectivity index (χ1) is 15.2. The normalized spacial score (nSPS) is 11.0. The van der Waals surface area contributed by atoms with Gasteiger partial charge >= 0.3 is 0 Å². The zero-order valence-electron chi connectivity index (χ0n) is 16.7. The molecule has 3 aromatic carbocycles. The first kappa shape index (κ1) is 18.7. The Hall–Kier alpha value is -4.33. The van der Waals surface area contributed by atoms with E-state index in [0.29, 0.717) is 23.0 Å². The summed E-state index contributed by atoms with van der Waals surface area (Å²) in [6, 6.07) is 22.1. The van der Waals surface area contributed by atoms with Crippen LogP contribution in [0.15, 0.2) is 77.3 Å². The summed E-state index contributed by atoms with van der Waals surface area (Å²) in [4.78, 5) is 16.8. The van der Waals surface area contributed by atoms with Crippen LogP contribution in [0.25, 0.3) is 33.9 Å². The molecule has 8 heteroatoms. The molecule has 0 saturated heterocycles. The molecule has 0 atom stereocenters. The zero-order valence-corrected chi connectivity index (χ0v) is 16.7. The van der Waals surface area contributed by atoms with Crippen molar-refractivity contribution < 1.29 is 9.32 Å².